The number of anilines is 1. The van der Waals surface area contributed by atoms with E-state index in [1.807, 2.05) is 44.9 Å². The zero-order valence-electron chi connectivity index (χ0n) is 13.4. The van der Waals surface area contributed by atoms with Crippen molar-refractivity contribution in [2.24, 2.45) is 20.0 Å². The molecule has 22 heavy (non-hydrogen) atoms. The van der Waals surface area contributed by atoms with Gasteiger partial charge in [0.25, 0.3) is 0 Å². The SMILES string of the molecule is Cc1cc(NC(=O)[C@H]2CNC[C@@H]2c2cnn(C)c2C)nn1C. The van der Waals surface area contributed by atoms with Crippen LogP contribution in [0.15, 0.2) is 12.3 Å². The predicted molar refractivity (Wildman–Crippen MR) is 83.6 cm³/mol. The Labute approximate surface area is 129 Å². The first kappa shape index (κ1) is 14.8. The maximum Gasteiger partial charge on any atom is 0.230 e. The highest BCUT2D eigenvalue weighted by Gasteiger charge is 2.36. The first-order chi connectivity index (χ1) is 10.5. The molecule has 0 radical (unpaired) electrons. The van der Waals surface area contributed by atoms with Crippen LogP contribution in [0, 0.1) is 19.8 Å². The van der Waals surface area contributed by atoms with Gasteiger partial charge in [0.1, 0.15) is 0 Å². The predicted octanol–water partition coefficient (Wildman–Crippen LogP) is 0.712. The third-order valence-electron chi connectivity index (χ3n) is 4.59. The fourth-order valence-electron chi connectivity index (χ4n) is 3.00. The van der Waals surface area contributed by atoms with Crippen LogP contribution in [0.1, 0.15) is 22.9 Å². The number of carbonyl (C=O) groups is 1. The number of rotatable bonds is 3. The number of nitrogens with zero attached hydrogens (tertiary/aromatic N) is 4. The topological polar surface area (TPSA) is 76.8 Å². The molecule has 0 unspecified atom stereocenters. The van der Waals surface area contributed by atoms with Crippen LogP contribution in [0.5, 0.6) is 0 Å². The van der Waals surface area contributed by atoms with Gasteiger partial charge in [-0.05, 0) is 19.4 Å². The molecular weight excluding hydrogens is 280 g/mol. The molecule has 2 aromatic rings. The maximum absolute atomic E-state index is 12.6. The van der Waals surface area contributed by atoms with E-state index in [1.165, 1.54) is 0 Å². The molecule has 118 valence electrons. The lowest BCUT2D eigenvalue weighted by molar-refractivity contribution is -0.119. The lowest BCUT2D eigenvalue weighted by Gasteiger charge is -2.17. The molecule has 2 N–H and O–H groups in total. The smallest absolute Gasteiger partial charge is 0.230 e. The van der Waals surface area contributed by atoms with Gasteiger partial charge in [-0.3, -0.25) is 14.2 Å². The van der Waals surface area contributed by atoms with E-state index in [4.69, 9.17) is 0 Å². The van der Waals surface area contributed by atoms with Crippen molar-refractivity contribution in [3.05, 3.63) is 29.2 Å². The Balaban J connectivity index is 1.78. The number of carbonyl (C=O) groups excluding carboxylic acids is 1. The van der Waals surface area contributed by atoms with Gasteiger partial charge in [0.15, 0.2) is 5.82 Å². The normalized spacial score (nSPS) is 21.3. The van der Waals surface area contributed by atoms with Gasteiger partial charge in [-0.2, -0.15) is 10.2 Å². The summed E-state index contributed by atoms with van der Waals surface area (Å²) in [6.07, 6.45) is 1.87. The molecule has 3 heterocycles. The zero-order valence-corrected chi connectivity index (χ0v) is 13.4. The monoisotopic (exact) mass is 302 g/mol. The summed E-state index contributed by atoms with van der Waals surface area (Å²) in [7, 11) is 3.79. The molecule has 0 aliphatic carbocycles. The standard InChI is InChI=1S/C15H22N6O/c1-9-5-14(19-20(9)3)18-15(22)13-7-16-6-12(13)11-8-17-21(4)10(11)2/h5,8,12-13,16H,6-7H2,1-4H3,(H,18,19,22)/t12-,13+/m1/s1. The fourth-order valence-corrected chi connectivity index (χ4v) is 3.00. The van der Waals surface area contributed by atoms with E-state index >= 15 is 0 Å². The third-order valence-corrected chi connectivity index (χ3v) is 4.59. The van der Waals surface area contributed by atoms with Crippen LogP contribution in [-0.2, 0) is 18.9 Å². The van der Waals surface area contributed by atoms with Crippen molar-refractivity contribution >= 4 is 11.7 Å². The van der Waals surface area contributed by atoms with Crippen LogP contribution >= 0.6 is 0 Å². The average molecular weight is 302 g/mol. The highest BCUT2D eigenvalue weighted by molar-refractivity contribution is 5.92. The van der Waals surface area contributed by atoms with Crippen molar-refractivity contribution in [2.45, 2.75) is 19.8 Å². The molecule has 7 nitrogen and oxygen atoms in total. The highest BCUT2D eigenvalue weighted by Crippen LogP contribution is 2.30. The summed E-state index contributed by atoms with van der Waals surface area (Å²) >= 11 is 0. The minimum Gasteiger partial charge on any atom is -0.315 e. The van der Waals surface area contributed by atoms with Gasteiger partial charge in [-0.1, -0.05) is 0 Å². The molecule has 1 amide bonds. The van der Waals surface area contributed by atoms with Crippen LogP contribution in [-0.4, -0.2) is 38.6 Å². The van der Waals surface area contributed by atoms with E-state index in [0.717, 1.165) is 23.5 Å². The fraction of sp³-hybridized carbons (Fsp3) is 0.533. The Morgan fingerprint density at radius 2 is 2.09 bits per heavy atom. The minimum absolute atomic E-state index is 0.0105. The Morgan fingerprint density at radius 3 is 2.68 bits per heavy atom. The van der Waals surface area contributed by atoms with E-state index < -0.39 is 0 Å². The molecule has 3 rings (SSSR count). The summed E-state index contributed by atoms with van der Waals surface area (Å²) in [5.41, 5.74) is 3.27. The van der Waals surface area contributed by atoms with Crippen LogP contribution in [0.4, 0.5) is 5.82 Å². The van der Waals surface area contributed by atoms with Gasteiger partial charge < -0.3 is 10.6 Å². The summed E-state index contributed by atoms with van der Waals surface area (Å²) in [6, 6.07) is 1.88. The summed E-state index contributed by atoms with van der Waals surface area (Å²) in [6.45, 7) is 5.47. The van der Waals surface area contributed by atoms with Crippen molar-refractivity contribution < 1.29 is 4.79 Å². The number of amides is 1. The molecule has 0 bridgehead atoms. The molecule has 1 fully saturated rings. The molecule has 0 spiro atoms. The van der Waals surface area contributed by atoms with Gasteiger partial charge in [0.2, 0.25) is 5.91 Å². The van der Waals surface area contributed by atoms with E-state index in [0.29, 0.717) is 12.4 Å². The summed E-state index contributed by atoms with van der Waals surface area (Å²) in [4.78, 5) is 12.6. The highest BCUT2D eigenvalue weighted by atomic mass is 16.2. The van der Waals surface area contributed by atoms with Crippen LogP contribution in [0.3, 0.4) is 0 Å². The van der Waals surface area contributed by atoms with Gasteiger partial charge >= 0.3 is 0 Å². The summed E-state index contributed by atoms with van der Waals surface area (Å²) < 4.78 is 3.61. The van der Waals surface area contributed by atoms with E-state index in [-0.39, 0.29) is 17.7 Å². The Morgan fingerprint density at radius 1 is 1.32 bits per heavy atom. The number of aromatic nitrogens is 4. The molecule has 7 heteroatoms. The largest absolute Gasteiger partial charge is 0.315 e. The van der Waals surface area contributed by atoms with Gasteiger partial charge in [-0.25, -0.2) is 0 Å². The molecule has 1 aliphatic heterocycles. The first-order valence-corrected chi connectivity index (χ1v) is 7.48. The number of aryl methyl sites for hydroxylation is 3. The van der Waals surface area contributed by atoms with Crippen molar-refractivity contribution in [2.75, 3.05) is 18.4 Å². The summed E-state index contributed by atoms with van der Waals surface area (Å²) in [5.74, 6) is 0.665. The van der Waals surface area contributed by atoms with Crippen LogP contribution in [0.2, 0.25) is 0 Å². The van der Waals surface area contributed by atoms with E-state index in [1.54, 1.807) is 4.68 Å². The molecule has 1 saturated heterocycles. The Hall–Kier alpha value is -2.15. The minimum atomic E-state index is -0.106. The molecule has 1 aliphatic rings. The summed E-state index contributed by atoms with van der Waals surface area (Å²) in [5, 5.41) is 14.8. The average Bonchev–Trinajstić information content (AvgIpc) is 3.13. The van der Waals surface area contributed by atoms with Crippen molar-refractivity contribution in [1.82, 2.24) is 24.9 Å². The maximum atomic E-state index is 12.6. The molecular formula is C15H22N6O. The van der Waals surface area contributed by atoms with Crippen LogP contribution in [0.25, 0.3) is 0 Å². The van der Waals surface area contributed by atoms with Gasteiger partial charge in [-0.15, -0.1) is 0 Å². The zero-order chi connectivity index (χ0) is 15.9. The second-order valence-electron chi connectivity index (χ2n) is 5.96. The van der Waals surface area contributed by atoms with E-state index in [9.17, 15) is 4.79 Å². The molecule has 2 aromatic heterocycles. The number of hydrogen-bond donors (Lipinski definition) is 2. The first-order valence-electron chi connectivity index (χ1n) is 7.48. The Kier molecular flexibility index (Phi) is 3.74. The molecule has 2 atom stereocenters. The molecule has 0 aromatic carbocycles. The molecule has 0 saturated carbocycles. The van der Waals surface area contributed by atoms with E-state index in [2.05, 4.69) is 20.8 Å². The van der Waals surface area contributed by atoms with Crippen molar-refractivity contribution in [3.8, 4) is 0 Å². The number of nitrogens with one attached hydrogen (secondary N) is 2. The lowest BCUT2D eigenvalue weighted by atomic mass is 9.88. The number of hydrogen-bond acceptors (Lipinski definition) is 4. The van der Waals surface area contributed by atoms with Crippen LogP contribution < -0.4 is 10.6 Å². The second-order valence-corrected chi connectivity index (χ2v) is 5.96. The van der Waals surface area contributed by atoms with Crippen molar-refractivity contribution in [3.63, 3.8) is 0 Å². The van der Waals surface area contributed by atoms with Gasteiger partial charge in [0, 0.05) is 50.6 Å². The quantitative estimate of drug-likeness (QED) is 0.875. The van der Waals surface area contributed by atoms with Crippen molar-refractivity contribution in [1.29, 1.82) is 0 Å². The van der Waals surface area contributed by atoms with Gasteiger partial charge in [0.05, 0.1) is 12.1 Å². The lowest BCUT2D eigenvalue weighted by Crippen LogP contribution is -2.28. The Bertz CT molecular complexity index is 681. The third kappa shape index (κ3) is 2.52. The second kappa shape index (κ2) is 5.57.